The lowest BCUT2D eigenvalue weighted by Gasteiger charge is -2.19. The van der Waals surface area contributed by atoms with Gasteiger partial charge in [0.25, 0.3) is 0 Å². The fraction of sp³-hybridized carbons (Fsp3) is 0.429. The van der Waals surface area contributed by atoms with Crippen molar-refractivity contribution in [1.82, 2.24) is 4.98 Å². The van der Waals surface area contributed by atoms with E-state index in [0.29, 0.717) is 6.61 Å². The molecule has 0 unspecified atom stereocenters. The Hall–Kier alpha value is -1.42. The summed E-state index contributed by atoms with van der Waals surface area (Å²) in [6.45, 7) is 7.96. The second kappa shape index (κ2) is 4.69. The summed E-state index contributed by atoms with van der Waals surface area (Å²) < 4.78 is 6.21. The van der Waals surface area contributed by atoms with Crippen LogP contribution in [0.3, 0.4) is 0 Å². The number of carbonyl (C=O) groups excluding carboxylic acids is 1. The van der Waals surface area contributed by atoms with Crippen molar-refractivity contribution in [1.29, 1.82) is 0 Å². The van der Waals surface area contributed by atoms with E-state index in [4.69, 9.17) is 4.74 Å². The Morgan fingerprint density at radius 3 is 2.83 bits per heavy atom. The molecule has 96 valence electrons. The molecule has 0 fully saturated rings. The van der Waals surface area contributed by atoms with E-state index in [2.05, 4.69) is 11.1 Å². The molecule has 0 bridgehead atoms. The molecule has 2 rings (SSSR count). The van der Waals surface area contributed by atoms with Crippen LogP contribution >= 0.6 is 11.3 Å². The summed E-state index contributed by atoms with van der Waals surface area (Å²) in [5.41, 5.74) is 1.44. The highest BCUT2D eigenvalue weighted by molar-refractivity contribution is 7.18. The van der Waals surface area contributed by atoms with Gasteiger partial charge in [-0.2, -0.15) is 0 Å². The molecule has 1 aromatic carbocycles. The summed E-state index contributed by atoms with van der Waals surface area (Å²) in [5.74, 6) is -0.222. The highest BCUT2D eigenvalue weighted by Gasteiger charge is 2.34. The van der Waals surface area contributed by atoms with Crippen molar-refractivity contribution >= 4 is 27.5 Å². The maximum atomic E-state index is 12.0. The largest absolute Gasteiger partial charge is 0.465 e. The number of aromatic nitrogens is 1. The highest BCUT2D eigenvalue weighted by atomic mass is 32.1. The van der Waals surface area contributed by atoms with Gasteiger partial charge in [0.05, 0.1) is 16.8 Å². The number of esters is 1. The fourth-order valence-corrected chi connectivity index (χ4v) is 2.74. The zero-order valence-electron chi connectivity index (χ0n) is 11.1. The zero-order chi connectivity index (χ0) is 13.3. The van der Waals surface area contributed by atoms with Crippen LogP contribution in [0.25, 0.3) is 10.2 Å². The second-order valence-electron chi connectivity index (χ2n) is 4.84. The van der Waals surface area contributed by atoms with E-state index in [0.717, 1.165) is 15.2 Å². The van der Waals surface area contributed by atoms with E-state index in [1.807, 2.05) is 39.8 Å². The maximum Gasteiger partial charge on any atom is 0.318 e. The van der Waals surface area contributed by atoms with Gasteiger partial charge in [-0.15, -0.1) is 11.3 Å². The van der Waals surface area contributed by atoms with Crippen LogP contribution in [-0.4, -0.2) is 17.6 Å². The molecule has 0 radical (unpaired) electrons. The van der Waals surface area contributed by atoms with E-state index in [9.17, 15) is 4.79 Å². The first-order valence-electron chi connectivity index (χ1n) is 6.00. The third kappa shape index (κ3) is 2.25. The van der Waals surface area contributed by atoms with Gasteiger partial charge in [-0.1, -0.05) is 6.07 Å². The van der Waals surface area contributed by atoms with Crippen molar-refractivity contribution in [3.8, 4) is 0 Å². The number of rotatable bonds is 3. The normalized spacial score (nSPS) is 11.8. The number of hydrogen-bond acceptors (Lipinski definition) is 4. The van der Waals surface area contributed by atoms with Crippen LogP contribution in [0.2, 0.25) is 0 Å². The number of benzene rings is 1. The lowest BCUT2D eigenvalue weighted by atomic mass is 9.95. The Morgan fingerprint density at radius 2 is 2.17 bits per heavy atom. The number of thiazole rings is 1. The molecule has 4 heteroatoms. The van der Waals surface area contributed by atoms with Crippen molar-refractivity contribution in [2.45, 2.75) is 33.1 Å². The average molecular weight is 263 g/mol. The minimum absolute atomic E-state index is 0.222. The quantitative estimate of drug-likeness (QED) is 0.796. The summed E-state index contributed by atoms with van der Waals surface area (Å²) in [7, 11) is 0. The number of aryl methyl sites for hydroxylation is 1. The van der Waals surface area contributed by atoms with Crippen LogP contribution in [-0.2, 0) is 14.9 Å². The molecule has 0 saturated carbocycles. The summed E-state index contributed by atoms with van der Waals surface area (Å²) in [5, 5.41) is 0.807. The molecule has 1 heterocycles. The smallest absolute Gasteiger partial charge is 0.318 e. The zero-order valence-corrected chi connectivity index (χ0v) is 11.9. The van der Waals surface area contributed by atoms with Crippen LogP contribution in [0, 0.1) is 6.92 Å². The Kier molecular flexibility index (Phi) is 3.39. The molecule has 0 aliphatic heterocycles. The fourth-order valence-electron chi connectivity index (χ4n) is 1.70. The Bertz CT molecular complexity index is 586. The van der Waals surface area contributed by atoms with Crippen molar-refractivity contribution in [3.05, 3.63) is 28.8 Å². The van der Waals surface area contributed by atoms with Crippen LogP contribution in [0.5, 0.6) is 0 Å². The van der Waals surface area contributed by atoms with Crippen molar-refractivity contribution in [2.24, 2.45) is 0 Å². The van der Waals surface area contributed by atoms with Gasteiger partial charge in [-0.25, -0.2) is 4.98 Å². The molecule has 0 spiro atoms. The number of hydrogen-bond donors (Lipinski definition) is 0. The highest BCUT2D eigenvalue weighted by Crippen LogP contribution is 2.32. The van der Waals surface area contributed by atoms with Crippen LogP contribution in [0.1, 0.15) is 31.3 Å². The minimum Gasteiger partial charge on any atom is -0.465 e. The van der Waals surface area contributed by atoms with Crippen LogP contribution in [0.4, 0.5) is 0 Å². The minimum atomic E-state index is -0.687. The van der Waals surface area contributed by atoms with Crippen molar-refractivity contribution in [3.63, 3.8) is 0 Å². The molecule has 2 aromatic rings. The standard InChI is InChI=1S/C14H17NO2S/c1-5-17-13(16)14(3,4)12-15-10-8-9(2)6-7-11(10)18-12/h6-8H,5H2,1-4H3. The lowest BCUT2D eigenvalue weighted by molar-refractivity contribution is -0.148. The second-order valence-corrected chi connectivity index (χ2v) is 5.87. The summed E-state index contributed by atoms with van der Waals surface area (Å²) in [4.78, 5) is 16.5. The number of ether oxygens (including phenoxy) is 1. The van der Waals surface area contributed by atoms with E-state index >= 15 is 0 Å². The van der Waals surface area contributed by atoms with Gasteiger partial charge >= 0.3 is 5.97 Å². The maximum absolute atomic E-state index is 12.0. The van der Waals surface area contributed by atoms with Crippen LogP contribution < -0.4 is 0 Å². The van der Waals surface area contributed by atoms with Crippen molar-refractivity contribution < 1.29 is 9.53 Å². The van der Waals surface area contributed by atoms with Crippen LogP contribution in [0.15, 0.2) is 18.2 Å². The first kappa shape index (κ1) is 13.0. The number of fused-ring (bicyclic) bond motifs is 1. The summed E-state index contributed by atoms with van der Waals surface area (Å²) in [6.07, 6.45) is 0. The molecule has 0 aliphatic carbocycles. The molecular weight excluding hydrogens is 246 g/mol. The molecule has 0 aliphatic rings. The monoisotopic (exact) mass is 263 g/mol. The molecule has 1 aromatic heterocycles. The number of nitrogens with zero attached hydrogens (tertiary/aromatic N) is 1. The molecule has 0 atom stereocenters. The molecule has 3 nitrogen and oxygen atoms in total. The van der Waals surface area contributed by atoms with Gasteiger partial charge in [0.1, 0.15) is 10.4 Å². The van der Waals surface area contributed by atoms with Gasteiger partial charge in [-0.3, -0.25) is 4.79 Å². The van der Waals surface area contributed by atoms with Gasteiger partial charge in [0.2, 0.25) is 0 Å². The molecule has 0 N–H and O–H groups in total. The van der Waals surface area contributed by atoms with Gasteiger partial charge in [0.15, 0.2) is 0 Å². The topological polar surface area (TPSA) is 39.2 Å². The van der Waals surface area contributed by atoms with E-state index in [1.165, 1.54) is 5.56 Å². The predicted octanol–water partition coefficient (Wildman–Crippen LogP) is 3.45. The Labute approximate surface area is 111 Å². The molecular formula is C14H17NO2S. The molecule has 0 amide bonds. The van der Waals surface area contributed by atoms with E-state index < -0.39 is 5.41 Å². The van der Waals surface area contributed by atoms with Gasteiger partial charge in [0, 0.05) is 0 Å². The number of carbonyl (C=O) groups is 1. The Balaban J connectivity index is 2.44. The van der Waals surface area contributed by atoms with Gasteiger partial charge < -0.3 is 4.74 Å². The average Bonchev–Trinajstić information content (AvgIpc) is 2.72. The lowest BCUT2D eigenvalue weighted by Crippen LogP contribution is -2.30. The van der Waals surface area contributed by atoms with E-state index in [-0.39, 0.29) is 5.97 Å². The summed E-state index contributed by atoms with van der Waals surface area (Å²) in [6, 6.07) is 6.14. The first-order valence-corrected chi connectivity index (χ1v) is 6.81. The summed E-state index contributed by atoms with van der Waals surface area (Å²) >= 11 is 1.56. The van der Waals surface area contributed by atoms with E-state index in [1.54, 1.807) is 11.3 Å². The first-order chi connectivity index (χ1) is 8.45. The van der Waals surface area contributed by atoms with Crippen molar-refractivity contribution in [2.75, 3.05) is 6.61 Å². The van der Waals surface area contributed by atoms with Gasteiger partial charge in [-0.05, 0) is 45.4 Å². The predicted molar refractivity (Wildman–Crippen MR) is 74.0 cm³/mol. The molecule has 0 saturated heterocycles. The Morgan fingerprint density at radius 1 is 1.44 bits per heavy atom. The third-order valence-electron chi connectivity index (χ3n) is 2.86. The SMILES string of the molecule is CCOC(=O)C(C)(C)c1nc2cc(C)ccc2s1. The third-order valence-corrected chi connectivity index (χ3v) is 4.22. The molecule has 18 heavy (non-hydrogen) atoms.